The minimum Gasteiger partial charge on any atom is -0.309 e. The second kappa shape index (κ2) is 6.75. The molecule has 0 radical (unpaired) electrons. The fraction of sp³-hybridized carbons (Fsp3) is 0.417. The van der Waals surface area contributed by atoms with Gasteiger partial charge in [0.1, 0.15) is 0 Å². The number of nitrogens with zero attached hydrogens (tertiary/aromatic N) is 1. The summed E-state index contributed by atoms with van der Waals surface area (Å²) in [5, 5.41) is 13.1. The van der Waals surface area contributed by atoms with E-state index in [9.17, 15) is 0 Å². The third-order valence-corrected chi connectivity index (χ3v) is 3.30. The topological polar surface area (TPSA) is 35.8 Å². The molecule has 4 heteroatoms. The molecule has 0 aliphatic carbocycles. The molecule has 16 heavy (non-hydrogen) atoms. The van der Waals surface area contributed by atoms with Crippen LogP contribution in [0.3, 0.4) is 0 Å². The third kappa shape index (κ3) is 3.68. The highest BCUT2D eigenvalue weighted by molar-refractivity contribution is 6.42. The molecular formula is C12H14Cl2N2. The summed E-state index contributed by atoms with van der Waals surface area (Å²) in [6.45, 7) is 2.69. The van der Waals surface area contributed by atoms with Crippen LogP contribution in [0.15, 0.2) is 18.2 Å². The van der Waals surface area contributed by atoms with Gasteiger partial charge in [-0.1, -0.05) is 42.3 Å². The van der Waals surface area contributed by atoms with Crippen molar-refractivity contribution < 1.29 is 0 Å². The van der Waals surface area contributed by atoms with E-state index in [0.717, 1.165) is 12.0 Å². The molecule has 0 aliphatic rings. The molecule has 0 fully saturated rings. The Bertz CT molecular complexity index is 385. The number of nitriles is 1. The Balaban J connectivity index is 2.60. The third-order valence-electron chi connectivity index (χ3n) is 2.44. The summed E-state index contributed by atoms with van der Waals surface area (Å²) in [4.78, 5) is 0. The Hall–Kier alpha value is -0.750. The summed E-state index contributed by atoms with van der Waals surface area (Å²) >= 11 is 12.0. The lowest BCUT2D eigenvalue weighted by atomic mass is 10.1. The van der Waals surface area contributed by atoms with E-state index >= 15 is 0 Å². The van der Waals surface area contributed by atoms with Gasteiger partial charge in [0.15, 0.2) is 0 Å². The van der Waals surface area contributed by atoms with Crippen molar-refractivity contribution in [2.24, 2.45) is 0 Å². The molecule has 1 atom stereocenters. The zero-order valence-corrected chi connectivity index (χ0v) is 10.6. The van der Waals surface area contributed by atoms with Gasteiger partial charge in [0.2, 0.25) is 0 Å². The van der Waals surface area contributed by atoms with Gasteiger partial charge in [-0.15, -0.1) is 0 Å². The van der Waals surface area contributed by atoms with E-state index in [2.05, 4.69) is 18.3 Å². The predicted molar refractivity (Wildman–Crippen MR) is 67.6 cm³/mol. The van der Waals surface area contributed by atoms with Gasteiger partial charge < -0.3 is 5.32 Å². The molecule has 0 saturated heterocycles. The molecule has 1 rings (SSSR count). The highest BCUT2D eigenvalue weighted by atomic mass is 35.5. The van der Waals surface area contributed by atoms with Gasteiger partial charge in [0.25, 0.3) is 0 Å². The molecule has 0 spiro atoms. The Morgan fingerprint density at radius 3 is 2.81 bits per heavy atom. The zero-order chi connectivity index (χ0) is 12.0. The van der Waals surface area contributed by atoms with E-state index in [0.29, 0.717) is 23.0 Å². The summed E-state index contributed by atoms with van der Waals surface area (Å²) in [6, 6.07) is 7.93. The molecule has 0 aliphatic heterocycles. The second-order valence-electron chi connectivity index (χ2n) is 3.56. The van der Waals surface area contributed by atoms with E-state index in [1.807, 2.05) is 12.1 Å². The van der Waals surface area contributed by atoms with Gasteiger partial charge in [0, 0.05) is 12.6 Å². The second-order valence-corrected chi connectivity index (χ2v) is 4.35. The van der Waals surface area contributed by atoms with E-state index in [1.54, 1.807) is 6.07 Å². The molecule has 1 N–H and O–H groups in total. The van der Waals surface area contributed by atoms with Crippen molar-refractivity contribution in [2.75, 3.05) is 0 Å². The van der Waals surface area contributed by atoms with Crippen molar-refractivity contribution in [1.29, 1.82) is 5.26 Å². The summed E-state index contributed by atoms with van der Waals surface area (Å²) in [5.74, 6) is 0. The average Bonchev–Trinajstić information content (AvgIpc) is 2.29. The Morgan fingerprint density at radius 1 is 1.44 bits per heavy atom. The number of hydrogen-bond donors (Lipinski definition) is 1. The summed E-state index contributed by atoms with van der Waals surface area (Å²) in [6.07, 6.45) is 1.43. The molecule has 0 amide bonds. The normalized spacial score (nSPS) is 12.1. The number of hydrogen-bond acceptors (Lipinski definition) is 2. The van der Waals surface area contributed by atoms with Crippen molar-refractivity contribution in [3.63, 3.8) is 0 Å². The van der Waals surface area contributed by atoms with E-state index < -0.39 is 0 Å². The summed E-state index contributed by atoms with van der Waals surface area (Å²) in [7, 11) is 0. The van der Waals surface area contributed by atoms with Gasteiger partial charge in [-0.25, -0.2) is 0 Å². The van der Waals surface area contributed by atoms with E-state index in [-0.39, 0.29) is 6.04 Å². The molecule has 1 aromatic carbocycles. The fourth-order valence-electron chi connectivity index (χ4n) is 1.41. The molecule has 2 nitrogen and oxygen atoms in total. The van der Waals surface area contributed by atoms with E-state index in [4.69, 9.17) is 28.5 Å². The predicted octanol–water partition coefficient (Wildman–Crippen LogP) is 3.78. The maximum Gasteiger partial charge on any atom is 0.0638 e. The first-order chi connectivity index (χ1) is 7.69. The molecule has 0 saturated carbocycles. The zero-order valence-electron chi connectivity index (χ0n) is 9.13. The van der Waals surface area contributed by atoms with Crippen LogP contribution in [0.2, 0.25) is 10.0 Å². The van der Waals surface area contributed by atoms with Crippen LogP contribution in [0.1, 0.15) is 25.3 Å². The molecule has 86 valence electrons. The maximum atomic E-state index is 8.63. The number of halogens is 2. The van der Waals surface area contributed by atoms with Gasteiger partial charge in [0.05, 0.1) is 22.5 Å². The molecule has 1 unspecified atom stereocenters. The van der Waals surface area contributed by atoms with Crippen molar-refractivity contribution in [2.45, 2.75) is 32.4 Å². The molecule has 0 aromatic heterocycles. The summed E-state index contributed by atoms with van der Waals surface area (Å²) in [5.41, 5.74) is 0.963. The first-order valence-corrected chi connectivity index (χ1v) is 5.97. The van der Waals surface area contributed by atoms with Crippen LogP contribution in [-0.2, 0) is 6.54 Å². The van der Waals surface area contributed by atoms with E-state index in [1.165, 1.54) is 0 Å². The molecule has 0 bridgehead atoms. The number of nitrogens with one attached hydrogen (secondary N) is 1. The van der Waals surface area contributed by atoms with Crippen LogP contribution >= 0.6 is 23.2 Å². The van der Waals surface area contributed by atoms with Gasteiger partial charge in [-0.05, 0) is 18.1 Å². The minimum atomic E-state index is 0.208. The van der Waals surface area contributed by atoms with Crippen LogP contribution < -0.4 is 5.32 Å². The van der Waals surface area contributed by atoms with Gasteiger partial charge in [-0.3, -0.25) is 0 Å². The Kier molecular flexibility index (Phi) is 5.62. The first-order valence-electron chi connectivity index (χ1n) is 5.22. The van der Waals surface area contributed by atoms with Crippen LogP contribution in [0.5, 0.6) is 0 Å². The highest BCUT2D eigenvalue weighted by Gasteiger charge is 2.07. The average molecular weight is 257 g/mol. The number of rotatable bonds is 5. The van der Waals surface area contributed by atoms with Crippen LogP contribution in [0.25, 0.3) is 0 Å². The molecular weight excluding hydrogens is 243 g/mol. The Morgan fingerprint density at radius 2 is 2.19 bits per heavy atom. The van der Waals surface area contributed by atoms with Crippen LogP contribution in [0, 0.1) is 11.3 Å². The Labute approximate surface area is 106 Å². The lowest BCUT2D eigenvalue weighted by Gasteiger charge is -2.14. The standard InChI is InChI=1S/C12H14Cl2N2/c1-2-10(6-7-15)16-8-9-4-3-5-11(13)12(9)14/h3-5,10,16H,2,6,8H2,1H3. The quantitative estimate of drug-likeness (QED) is 0.871. The SMILES string of the molecule is CCC(CC#N)NCc1cccc(Cl)c1Cl. The smallest absolute Gasteiger partial charge is 0.0638 e. The number of benzene rings is 1. The van der Waals surface area contributed by atoms with Crippen molar-refractivity contribution in [3.8, 4) is 6.07 Å². The van der Waals surface area contributed by atoms with Crippen molar-refractivity contribution >= 4 is 23.2 Å². The van der Waals surface area contributed by atoms with Crippen LogP contribution in [-0.4, -0.2) is 6.04 Å². The maximum absolute atomic E-state index is 8.63. The lowest BCUT2D eigenvalue weighted by Crippen LogP contribution is -2.27. The van der Waals surface area contributed by atoms with Gasteiger partial charge >= 0.3 is 0 Å². The minimum absolute atomic E-state index is 0.208. The van der Waals surface area contributed by atoms with Crippen molar-refractivity contribution in [3.05, 3.63) is 33.8 Å². The monoisotopic (exact) mass is 256 g/mol. The highest BCUT2D eigenvalue weighted by Crippen LogP contribution is 2.25. The molecule has 1 aromatic rings. The largest absolute Gasteiger partial charge is 0.309 e. The fourth-order valence-corrected chi connectivity index (χ4v) is 1.80. The summed E-state index contributed by atoms with van der Waals surface area (Å²) < 4.78 is 0. The lowest BCUT2D eigenvalue weighted by molar-refractivity contribution is 0.505. The van der Waals surface area contributed by atoms with Crippen LogP contribution in [0.4, 0.5) is 0 Å². The first kappa shape index (κ1) is 13.3. The molecule has 0 heterocycles. The van der Waals surface area contributed by atoms with Crippen molar-refractivity contribution in [1.82, 2.24) is 5.32 Å². The van der Waals surface area contributed by atoms with Gasteiger partial charge in [-0.2, -0.15) is 5.26 Å².